The number of rotatable bonds is 7. The van der Waals surface area contributed by atoms with E-state index in [-0.39, 0.29) is 11.9 Å². The molecule has 0 saturated heterocycles. The molecule has 1 heterocycles. The Morgan fingerprint density at radius 1 is 1.23 bits per heavy atom. The zero-order chi connectivity index (χ0) is 15.9. The largest absolute Gasteiger partial charge is 0.350 e. The van der Waals surface area contributed by atoms with Gasteiger partial charge in [-0.25, -0.2) is 4.98 Å². The minimum atomic E-state index is 0.0105. The first-order valence-electron chi connectivity index (χ1n) is 7.75. The SMILES string of the molecule is CC(C)Cc1ccc([C@@H](C)NC(=O)CCn2cncn2)cc1. The van der Waals surface area contributed by atoms with Crippen molar-refractivity contribution in [3.8, 4) is 0 Å². The Labute approximate surface area is 131 Å². The Hall–Kier alpha value is -2.17. The Kier molecular flexibility index (Phi) is 5.69. The highest BCUT2D eigenvalue weighted by Crippen LogP contribution is 2.15. The summed E-state index contributed by atoms with van der Waals surface area (Å²) in [6.45, 7) is 6.98. The van der Waals surface area contributed by atoms with Crippen molar-refractivity contribution in [3.05, 3.63) is 48.0 Å². The van der Waals surface area contributed by atoms with Crippen LogP contribution in [0, 0.1) is 5.92 Å². The van der Waals surface area contributed by atoms with Gasteiger partial charge in [0.25, 0.3) is 0 Å². The third kappa shape index (κ3) is 4.98. The van der Waals surface area contributed by atoms with E-state index in [9.17, 15) is 4.79 Å². The first-order valence-corrected chi connectivity index (χ1v) is 7.75. The van der Waals surface area contributed by atoms with Crippen molar-refractivity contribution in [2.75, 3.05) is 0 Å². The molecule has 118 valence electrons. The van der Waals surface area contributed by atoms with Crippen molar-refractivity contribution >= 4 is 5.91 Å². The molecular formula is C17H24N4O. The maximum atomic E-state index is 12.0. The van der Waals surface area contributed by atoms with E-state index < -0.39 is 0 Å². The van der Waals surface area contributed by atoms with Gasteiger partial charge in [0.1, 0.15) is 12.7 Å². The second-order valence-corrected chi connectivity index (χ2v) is 6.04. The number of hydrogen-bond acceptors (Lipinski definition) is 3. The van der Waals surface area contributed by atoms with Gasteiger partial charge in [0.2, 0.25) is 5.91 Å². The molecule has 0 bridgehead atoms. The number of amides is 1. The molecule has 1 amide bonds. The molecule has 2 rings (SSSR count). The highest BCUT2D eigenvalue weighted by molar-refractivity contribution is 5.76. The lowest BCUT2D eigenvalue weighted by Gasteiger charge is -2.15. The molecule has 1 aromatic carbocycles. The maximum Gasteiger partial charge on any atom is 0.222 e. The normalized spacial score (nSPS) is 12.4. The van der Waals surface area contributed by atoms with Gasteiger partial charge < -0.3 is 5.32 Å². The van der Waals surface area contributed by atoms with E-state index in [0.29, 0.717) is 18.9 Å². The molecular weight excluding hydrogens is 276 g/mol. The van der Waals surface area contributed by atoms with Crippen molar-refractivity contribution < 1.29 is 4.79 Å². The summed E-state index contributed by atoms with van der Waals surface area (Å²) in [6, 6.07) is 8.50. The minimum Gasteiger partial charge on any atom is -0.350 e. The molecule has 22 heavy (non-hydrogen) atoms. The molecule has 0 spiro atoms. The molecule has 0 aliphatic carbocycles. The van der Waals surface area contributed by atoms with E-state index in [1.807, 2.05) is 6.92 Å². The molecule has 0 aliphatic heterocycles. The van der Waals surface area contributed by atoms with Crippen LogP contribution in [0.1, 0.15) is 44.4 Å². The fraction of sp³-hybridized carbons (Fsp3) is 0.471. The summed E-state index contributed by atoms with van der Waals surface area (Å²) in [4.78, 5) is 15.8. The predicted molar refractivity (Wildman–Crippen MR) is 86.2 cm³/mol. The fourth-order valence-corrected chi connectivity index (χ4v) is 2.38. The summed E-state index contributed by atoms with van der Waals surface area (Å²) < 4.78 is 1.66. The molecule has 1 N–H and O–H groups in total. The first-order chi connectivity index (χ1) is 10.5. The number of aromatic nitrogens is 3. The van der Waals surface area contributed by atoms with Crippen LogP contribution in [-0.2, 0) is 17.8 Å². The lowest BCUT2D eigenvalue weighted by atomic mass is 10.00. The van der Waals surface area contributed by atoms with E-state index >= 15 is 0 Å². The summed E-state index contributed by atoms with van der Waals surface area (Å²) in [5.74, 6) is 0.675. The summed E-state index contributed by atoms with van der Waals surface area (Å²) in [5, 5.41) is 7.00. The third-order valence-electron chi connectivity index (χ3n) is 3.54. The van der Waals surface area contributed by atoms with Crippen LogP contribution in [0.3, 0.4) is 0 Å². The first kappa shape index (κ1) is 16.2. The van der Waals surface area contributed by atoms with Crippen molar-refractivity contribution in [1.82, 2.24) is 20.1 Å². The number of benzene rings is 1. The second kappa shape index (κ2) is 7.73. The molecule has 0 saturated carbocycles. The molecule has 0 aliphatic rings. The van der Waals surface area contributed by atoms with Gasteiger partial charge in [0.15, 0.2) is 0 Å². The summed E-state index contributed by atoms with van der Waals surface area (Å²) >= 11 is 0. The number of carbonyl (C=O) groups excluding carboxylic acids is 1. The Morgan fingerprint density at radius 3 is 2.55 bits per heavy atom. The Morgan fingerprint density at radius 2 is 1.95 bits per heavy atom. The van der Waals surface area contributed by atoms with Gasteiger partial charge in [-0.1, -0.05) is 38.1 Å². The Bertz CT molecular complexity index is 575. The van der Waals surface area contributed by atoms with Gasteiger partial charge >= 0.3 is 0 Å². The van der Waals surface area contributed by atoms with Crippen LogP contribution in [0.5, 0.6) is 0 Å². The van der Waals surface area contributed by atoms with Crippen LogP contribution < -0.4 is 5.32 Å². The second-order valence-electron chi connectivity index (χ2n) is 6.04. The molecule has 0 unspecified atom stereocenters. The Balaban J connectivity index is 1.83. The van der Waals surface area contributed by atoms with Gasteiger partial charge in [-0.2, -0.15) is 5.10 Å². The topological polar surface area (TPSA) is 59.8 Å². The van der Waals surface area contributed by atoms with Crippen LogP contribution in [0.4, 0.5) is 0 Å². The molecule has 0 radical (unpaired) electrons. The zero-order valence-electron chi connectivity index (χ0n) is 13.5. The fourth-order valence-electron chi connectivity index (χ4n) is 2.38. The third-order valence-corrected chi connectivity index (χ3v) is 3.54. The van der Waals surface area contributed by atoms with E-state index in [2.05, 4.69) is 53.5 Å². The van der Waals surface area contributed by atoms with Gasteiger partial charge in [0.05, 0.1) is 12.6 Å². The number of carbonyl (C=O) groups is 1. The average Bonchev–Trinajstić information content (AvgIpc) is 2.98. The van der Waals surface area contributed by atoms with Crippen LogP contribution in [0.2, 0.25) is 0 Å². The van der Waals surface area contributed by atoms with Crippen LogP contribution in [0.25, 0.3) is 0 Å². The van der Waals surface area contributed by atoms with Crippen molar-refractivity contribution in [1.29, 1.82) is 0 Å². The number of aryl methyl sites for hydroxylation is 1. The van der Waals surface area contributed by atoms with E-state index in [1.165, 1.54) is 11.9 Å². The maximum absolute atomic E-state index is 12.0. The van der Waals surface area contributed by atoms with Crippen LogP contribution >= 0.6 is 0 Å². The van der Waals surface area contributed by atoms with Gasteiger partial charge in [-0.15, -0.1) is 0 Å². The van der Waals surface area contributed by atoms with Gasteiger partial charge in [-0.3, -0.25) is 9.48 Å². The smallest absolute Gasteiger partial charge is 0.222 e. The number of nitrogens with one attached hydrogen (secondary N) is 1. The van der Waals surface area contributed by atoms with E-state index in [4.69, 9.17) is 0 Å². The van der Waals surface area contributed by atoms with Crippen molar-refractivity contribution in [2.24, 2.45) is 5.92 Å². The minimum absolute atomic E-state index is 0.0105. The zero-order valence-corrected chi connectivity index (χ0v) is 13.5. The molecule has 1 atom stereocenters. The highest BCUT2D eigenvalue weighted by atomic mass is 16.1. The van der Waals surface area contributed by atoms with E-state index in [0.717, 1.165) is 12.0 Å². The molecule has 5 nitrogen and oxygen atoms in total. The molecule has 2 aromatic rings. The van der Waals surface area contributed by atoms with E-state index in [1.54, 1.807) is 11.0 Å². The standard InChI is InChI=1S/C17H24N4O/c1-13(2)10-15-4-6-16(7-5-15)14(3)20-17(22)8-9-21-12-18-11-19-21/h4-7,11-14H,8-10H2,1-3H3,(H,20,22)/t14-/m1/s1. The van der Waals surface area contributed by atoms with Gasteiger partial charge in [-0.05, 0) is 30.4 Å². The summed E-state index contributed by atoms with van der Waals surface area (Å²) in [6.07, 6.45) is 4.57. The quantitative estimate of drug-likeness (QED) is 0.855. The molecule has 0 fully saturated rings. The van der Waals surface area contributed by atoms with Gasteiger partial charge in [0, 0.05) is 6.42 Å². The van der Waals surface area contributed by atoms with Crippen molar-refractivity contribution in [3.63, 3.8) is 0 Å². The molecule has 1 aromatic heterocycles. The molecule has 5 heteroatoms. The highest BCUT2D eigenvalue weighted by Gasteiger charge is 2.10. The lowest BCUT2D eigenvalue weighted by molar-refractivity contribution is -0.122. The van der Waals surface area contributed by atoms with Crippen molar-refractivity contribution in [2.45, 2.75) is 46.2 Å². The summed E-state index contributed by atoms with van der Waals surface area (Å²) in [5.41, 5.74) is 2.46. The number of hydrogen-bond donors (Lipinski definition) is 1. The predicted octanol–water partition coefficient (Wildman–Crippen LogP) is 2.74. The summed E-state index contributed by atoms with van der Waals surface area (Å²) in [7, 11) is 0. The number of nitrogens with zero attached hydrogens (tertiary/aromatic N) is 3. The van der Waals surface area contributed by atoms with Crippen LogP contribution in [0.15, 0.2) is 36.9 Å². The lowest BCUT2D eigenvalue weighted by Crippen LogP contribution is -2.27. The monoisotopic (exact) mass is 300 g/mol. The van der Waals surface area contributed by atoms with Crippen LogP contribution in [-0.4, -0.2) is 20.7 Å². The average molecular weight is 300 g/mol.